The minimum atomic E-state index is 0.518. The first-order valence-corrected chi connectivity index (χ1v) is 6.47. The molecule has 2 nitrogen and oxygen atoms in total. The van der Waals surface area contributed by atoms with Crippen molar-refractivity contribution in [2.45, 2.75) is 51.4 Å². The standard InChI is InChI=1S/C11H19BrN2/c1-4-6-11-10(7-12)8-13-14(11)9(3)5-2/h8-9H,4-7H2,1-3H3. The molecule has 0 aliphatic carbocycles. The second kappa shape index (κ2) is 5.54. The maximum Gasteiger partial charge on any atom is 0.0533 e. The predicted molar refractivity (Wildman–Crippen MR) is 63.9 cm³/mol. The Morgan fingerprint density at radius 2 is 2.21 bits per heavy atom. The van der Waals surface area contributed by atoms with Crippen LogP contribution in [0, 0.1) is 0 Å². The Hall–Kier alpha value is -0.310. The summed E-state index contributed by atoms with van der Waals surface area (Å²) in [6, 6.07) is 0.518. The van der Waals surface area contributed by atoms with Gasteiger partial charge in [0.25, 0.3) is 0 Å². The minimum Gasteiger partial charge on any atom is -0.267 e. The Morgan fingerprint density at radius 1 is 1.50 bits per heavy atom. The average Bonchev–Trinajstić information content (AvgIpc) is 2.60. The van der Waals surface area contributed by atoms with Crippen LogP contribution in [0.4, 0.5) is 0 Å². The molecular formula is C11H19BrN2. The van der Waals surface area contributed by atoms with Gasteiger partial charge in [-0.05, 0) is 19.8 Å². The maximum absolute atomic E-state index is 4.46. The molecule has 0 bridgehead atoms. The van der Waals surface area contributed by atoms with Crippen LogP contribution < -0.4 is 0 Å². The summed E-state index contributed by atoms with van der Waals surface area (Å²) >= 11 is 3.51. The van der Waals surface area contributed by atoms with Gasteiger partial charge in [0.1, 0.15) is 0 Å². The summed E-state index contributed by atoms with van der Waals surface area (Å²) in [6.07, 6.45) is 5.44. The first-order chi connectivity index (χ1) is 6.74. The van der Waals surface area contributed by atoms with E-state index in [1.807, 2.05) is 6.20 Å². The Kier molecular flexibility index (Phi) is 4.66. The van der Waals surface area contributed by atoms with Crippen LogP contribution in [0.2, 0.25) is 0 Å². The van der Waals surface area contributed by atoms with E-state index in [0.29, 0.717) is 6.04 Å². The summed E-state index contributed by atoms with van der Waals surface area (Å²) in [5.74, 6) is 0. The molecule has 0 N–H and O–H groups in total. The van der Waals surface area contributed by atoms with E-state index in [-0.39, 0.29) is 0 Å². The van der Waals surface area contributed by atoms with Crippen LogP contribution >= 0.6 is 15.9 Å². The zero-order valence-electron chi connectivity index (χ0n) is 9.26. The largest absolute Gasteiger partial charge is 0.267 e. The van der Waals surface area contributed by atoms with E-state index in [1.54, 1.807) is 0 Å². The zero-order valence-corrected chi connectivity index (χ0v) is 10.8. The number of alkyl halides is 1. The van der Waals surface area contributed by atoms with Gasteiger partial charge >= 0.3 is 0 Å². The third-order valence-corrected chi connectivity index (χ3v) is 3.23. The Labute approximate surface area is 94.8 Å². The predicted octanol–water partition coefficient (Wildman–Crippen LogP) is 3.70. The minimum absolute atomic E-state index is 0.518. The lowest BCUT2D eigenvalue weighted by Crippen LogP contribution is -2.10. The molecule has 1 atom stereocenters. The van der Waals surface area contributed by atoms with Crippen molar-refractivity contribution < 1.29 is 0 Å². The molecule has 0 fully saturated rings. The van der Waals surface area contributed by atoms with Gasteiger partial charge < -0.3 is 0 Å². The van der Waals surface area contributed by atoms with Gasteiger partial charge in [0.15, 0.2) is 0 Å². The maximum atomic E-state index is 4.46. The molecule has 0 amide bonds. The van der Waals surface area contributed by atoms with Crippen LogP contribution in [0.25, 0.3) is 0 Å². The highest BCUT2D eigenvalue weighted by Gasteiger charge is 2.12. The van der Waals surface area contributed by atoms with E-state index < -0.39 is 0 Å². The van der Waals surface area contributed by atoms with Crippen LogP contribution in [0.15, 0.2) is 6.20 Å². The molecular weight excluding hydrogens is 240 g/mol. The highest BCUT2D eigenvalue weighted by molar-refractivity contribution is 9.08. The van der Waals surface area contributed by atoms with Gasteiger partial charge in [0.2, 0.25) is 0 Å². The summed E-state index contributed by atoms with van der Waals surface area (Å²) < 4.78 is 2.18. The highest BCUT2D eigenvalue weighted by atomic mass is 79.9. The van der Waals surface area contributed by atoms with Gasteiger partial charge in [-0.2, -0.15) is 5.10 Å². The van der Waals surface area contributed by atoms with Crippen molar-refractivity contribution in [1.82, 2.24) is 9.78 Å². The van der Waals surface area contributed by atoms with Crippen molar-refractivity contribution >= 4 is 15.9 Å². The van der Waals surface area contributed by atoms with Crippen molar-refractivity contribution in [3.8, 4) is 0 Å². The van der Waals surface area contributed by atoms with Gasteiger partial charge in [-0.1, -0.05) is 36.2 Å². The molecule has 0 spiro atoms. The first-order valence-electron chi connectivity index (χ1n) is 5.35. The van der Waals surface area contributed by atoms with E-state index in [1.165, 1.54) is 17.7 Å². The third kappa shape index (κ3) is 2.38. The average molecular weight is 259 g/mol. The normalized spacial score (nSPS) is 13.1. The fourth-order valence-corrected chi connectivity index (χ4v) is 2.07. The molecule has 0 aromatic carbocycles. The van der Waals surface area contributed by atoms with Crippen LogP contribution in [-0.4, -0.2) is 9.78 Å². The van der Waals surface area contributed by atoms with Crippen LogP contribution in [-0.2, 0) is 11.8 Å². The van der Waals surface area contributed by atoms with Crippen LogP contribution in [0.1, 0.15) is 50.9 Å². The van der Waals surface area contributed by atoms with E-state index in [0.717, 1.165) is 18.2 Å². The first kappa shape index (κ1) is 11.8. The summed E-state index contributed by atoms with van der Waals surface area (Å²) in [4.78, 5) is 0. The zero-order chi connectivity index (χ0) is 10.6. The lowest BCUT2D eigenvalue weighted by Gasteiger charge is -2.14. The molecule has 3 heteroatoms. The number of hydrogen-bond acceptors (Lipinski definition) is 1. The van der Waals surface area contributed by atoms with Crippen molar-refractivity contribution in [2.24, 2.45) is 0 Å². The van der Waals surface area contributed by atoms with Crippen molar-refractivity contribution in [3.63, 3.8) is 0 Å². The number of nitrogens with zero attached hydrogens (tertiary/aromatic N) is 2. The lowest BCUT2D eigenvalue weighted by molar-refractivity contribution is 0.458. The second-order valence-electron chi connectivity index (χ2n) is 3.70. The quantitative estimate of drug-likeness (QED) is 0.737. The molecule has 1 aromatic heterocycles. The van der Waals surface area contributed by atoms with E-state index in [9.17, 15) is 0 Å². The Morgan fingerprint density at radius 3 is 2.71 bits per heavy atom. The molecule has 0 aliphatic rings. The molecule has 1 rings (SSSR count). The smallest absolute Gasteiger partial charge is 0.0533 e. The van der Waals surface area contributed by atoms with Crippen molar-refractivity contribution in [2.75, 3.05) is 0 Å². The van der Waals surface area contributed by atoms with Gasteiger partial charge in [0.05, 0.1) is 6.20 Å². The Balaban J connectivity index is 2.97. The molecule has 14 heavy (non-hydrogen) atoms. The van der Waals surface area contributed by atoms with Crippen LogP contribution in [0.3, 0.4) is 0 Å². The number of rotatable bonds is 5. The van der Waals surface area contributed by atoms with Crippen molar-refractivity contribution in [1.29, 1.82) is 0 Å². The summed E-state index contributed by atoms with van der Waals surface area (Å²) in [5, 5.41) is 5.38. The monoisotopic (exact) mass is 258 g/mol. The van der Waals surface area contributed by atoms with Gasteiger partial charge in [-0.15, -0.1) is 0 Å². The lowest BCUT2D eigenvalue weighted by atomic mass is 10.1. The van der Waals surface area contributed by atoms with Crippen LogP contribution in [0.5, 0.6) is 0 Å². The topological polar surface area (TPSA) is 17.8 Å². The number of aromatic nitrogens is 2. The second-order valence-corrected chi connectivity index (χ2v) is 4.26. The van der Waals surface area contributed by atoms with Crippen molar-refractivity contribution in [3.05, 3.63) is 17.5 Å². The molecule has 80 valence electrons. The summed E-state index contributed by atoms with van der Waals surface area (Å²) in [6.45, 7) is 6.64. The Bertz CT molecular complexity index is 281. The molecule has 1 aromatic rings. The van der Waals surface area contributed by atoms with Gasteiger partial charge in [-0.3, -0.25) is 4.68 Å². The van der Waals surface area contributed by atoms with E-state index in [4.69, 9.17) is 0 Å². The molecule has 0 saturated carbocycles. The highest BCUT2D eigenvalue weighted by Crippen LogP contribution is 2.19. The summed E-state index contributed by atoms with van der Waals surface area (Å²) in [7, 11) is 0. The van der Waals surface area contributed by atoms with E-state index in [2.05, 4.69) is 46.5 Å². The fourth-order valence-electron chi connectivity index (χ4n) is 1.60. The van der Waals surface area contributed by atoms with E-state index >= 15 is 0 Å². The fraction of sp³-hybridized carbons (Fsp3) is 0.727. The number of hydrogen-bond donors (Lipinski definition) is 0. The SMILES string of the molecule is CCCc1c(CBr)cnn1C(C)CC. The van der Waals surface area contributed by atoms with Gasteiger partial charge in [0, 0.05) is 22.6 Å². The molecule has 1 unspecified atom stereocenters. The molecule has 0 aliphatic heterocycles. The molecule has 0 radical (unpaired) electrons. The van der Waals surface area contributed by atoms with Gasteiger partial charge in [-0.25, -0.2) is 0 Å². The molecule has 1 heterocycles. The third-order valence-electron chi connectivity index (χ3n) is 2.62. The number of halogens is 1. The molecule has 0 saturated heterocycles. The summed E-state index contributed by atoms with van der Waals surface area (Å²) in [5.41, 5.74) is 2.74.